The third kappa shape index (κ3) is 2.27. The van der Waals surface area contributed by atoms with Gasteiger partial charge in [-0.15, -0.1) is 10.2 Å². The summed E-state index contributed by atoms with van der Waals surface area (Å²) in [6, 6.07) is 5.64. The second kappa shape index (κ2) is 4.69. The van der Waals surface area contributed by atoms with Crippen molar-refractivity contribution in [3.63, 3.8) is 0 Å². The van der Waals surface area contributed by atoms with Crippen LogP contribution in [0.4, 0.5) is 10.1 Å². The van der Waals surface area contributed by atoms with Crippen LogP contribution in [0.1, 0.15) is 17.5 Å². The van der Waals surface area contributed by atoms with Crippen molar-refractivity contribution in [2.45, 2.75) is 6.92 Å². The number of hydrogen-bond acceptors (Lipinski definition) is 4. The maximum atomic E-state index is 12.8. The normalized spacial score (nSPS) is 10.2. The van der Waals surface area contributed by atoms with Gasteiger partial charge in [-0.05, 0) is 36.4 Å². The lowest BCUT2D eigenvalue weighted by atomic mass is 10.2. The van der Waals surface area contributed by atoms with Crippen LogP contribution >= 0.6 is 0 Å². The molecule has 0 unspecified atom stereocenters. The number of anilines is 1. The lowest BCUT2D eigenvalue weighted by Crippen LogP contribution is -2.31. The van der Waals surface area contributed by atoms with Gasteiger partial charge in [-0.3, -0.25) is 4.79 Å². The van der Waals surface area contributed by atoms with Crippen LogP contribution in [0.25, 0.3) is 0 Å². The monoisotopic (exact) mass is 235 g/mol. The summed E-state index contributed by atoms with van der Waals surface area (Å²) in [5.41, 5.74) is 0.587. The Hall–Kier alpha value is -2.31. The summed E-state index contributed by atoms with van der Waals surface area (Å²) >= 11 is 0. The zero-order chi connectivity index (χ0) is 12.3. The van der Waals surface area contributed by atoms with Crippen LogP contribution < -0.4 is 4.90 Å². The molecule has 6 nitrogen and oxygen atoms in total. The number of aromatic nitrogens is 4. The van der Waals surface area contributed by atoms with E-state index in [4.69, 9.17) is 0 Å². The van der Waals surface area contributed by atoms with E-state index in [1.165, 1.54) is 29.2 Å². The summed E-state index contributed by atoms with van der Waals surface area (Å²) in [5, 5.41) is 12.8. The molecular weight excluding hydrogens is 225 g/mol. The van der Waals surface area contributed by atoms with Crippen LogP contribution in [0.15, 0.2) is 24.3 Å². The molecule has 0 bridgehead atoms. The first kappa shape index (κ1) is 11.2. The minimum Gasteiger partial charge on any atom is -0.306 e. The molecular formula is C10H10FN5O. The molecule has 1 aromatic heterocycles. The first-order chi connectivity index (χ1) is 8.22. The molecule has 1 heterocycles. The van der Waals surface area contributed by atoms with Crippen molar-refractivity contribution < 1.29 is 9.18 Å². The lowest BCUT2D eigenvalue weighted by Gasteiger charge is -2.18. The van der Waals surface area contributed by atoms with Gasteiger partial charge in [-0.1, -0.05) is 0 Å². The predicted octanol–water partition coefficient (Wildman–Crippen LogP) is 1.01. The van der Waals surface area contributed by atoms with E-state index in [2.05, 4.69) is 20.6 Å². The Morgan fingerprint density at radius 1 is 1.41 bits per heavy atom. The number of hydrogen-bond donors (Lipinski definition) is 1. The minimum absolute atomic E-state index is 0.0174. The number of aromatic amines is 1. The first-order valence-corrected chi connectivity index (χ1v) is 5.03. The molecule has 2 rings (SSSR count). The largest absolute Gasteiger partial charge is 0.306 e. The van der Waals surface area contributed by atoms with Crippen LogP contribution in [0.5, 0.6) is 0 Å². The number of halogens is 1. The Kier molecular flexibility index (Phi) is 3.08. The smallest absolute Gasteiger partial charge is 0.299 e. The standard InChI is InChI=1S/C10H10FN5O/c1-2-16(8-5-3-7(11)4-6-8)10(17)9-12-14-15-13-9/h3-6H,2H2,1H3,(H,12,13,14,15). The molecule has 1 aromatic carbocycles. The van der Waals surface area contributed by atoms with Gasteiger partial charge in [-0.2, -0.15) is 5.21 Å². The molecule has 0 aliphatic heterocycles. The highest BCUT2D eigenvalue weighted by Crippen LogP contribution is 2.16. The summed E-state index contributed by atoms with van der Waals surface area (Å²) in [5.74, 6) is -0.749. The molecule has 7 heteroatoms. The van der Waals surface area contributed by atoms with Crippen LogP contribution in [-0.4, -0.2) is 33.1 Å². The average Bonchev–Trinajstić information content (AvgIpc) is 2.86. The third-order valence-corrected chi connectivity index (χ3v) is 2.24. The Morgan fingerprint density at radius 2 is 2.12 bits per heavy atom. The Bertz CT molecular complexity index is 496. The summed E-state index contributed by atoms with van der Waals surface area (Å²) in [7, 11) is 0. The Balaban J connectivity index is 2.28. The molecule has 2 aromatic rings. The Morgan fingerprint density at radius 3 is 2.65 bits per heavy atom. The van der Waals surface area contributed by atoms with Crippen molar-refractivity contribution in [2.75, 3.05) is 11.4 Å². The Labute approximate surface area is 96.4 Å². The number of carbonyl (C=O) groups is 1. The van der Waals surface area contributed by atoms with Crippen molar-refractivity contribution in [3.05, 3.63) is 35.9 Å². The van der Waals surface area contributed by atoms with Crippen LogP contribution in [0.2, 0.25) is 0 Å². The van der Waals surface area contributed by atoms with Crippen molar-refractivity contribution in [1.29, 1.82) is 0 Å². The number of H-pyrrole nitrogens is 1. The van der Waals surface area contributed by atoms with Gasteiger partial charge in [0, 0.05) is 12.2 Å². The van der Waals surface area contributed by atoms with E-state index in [0.29, 0.717) is 12.2 Å². The molecule has 0 atom stereocenters. The highest BCUT2D eigenvalue weighted by atomic mass is 19.1. The van der Waals surface area contributed by atoms with Crippen molar-refractivity contribution in [2.24, 2.45) is 0 Å². The van der Waals surface area contributed by atoms with E-state index in [-0.39, 0.29) is 17.5 Å². The van der Waals surface area contributed by atoms with Gasteiger partial charge in [0.2, 0.25) is 0 Å². The fraction of sp³-hybridized carbons (Fsp3) is 0.200. The molecule has 0 fully saturated rings. The molecule has 0 aliphatic rings. The number of amides is 1. The highest BCUT2D eigenvalue weighted by molar-refractivity contribution is 6.03. The van der Waals surface area contributed by atoms with Crippen molar-refractivity contribution >= 4 is 11.6 Å². The third-order valence-electron chi connectivity index (χ3n) is 2.24. The van der Waals surface area contributed by atoms with E-state index in [1.807, 2.05) is 0 Å². The molecule has 0 saturated carbocycles. The number of tetrazole rings is 1. The number of nitrogens with one attached hydrogen (secondary N) is 1. The molecule has 0 saturated heterocycles. The van der Waals surface area contributed by atoms with Crippen molar-refractivity contribution in [1.82, 2.24) is 20.6 Å². The average molecular weight is 235 g/mol. The van der Waals surface area contributed by atoms with Crippen LogP contribution in [0.3, 0.4) is 0 Å². The molecule has 0 aliphatic carbocycles. The van der Waals surface area contributed by atoms with E-state index >= 15 is 0 Å². The second-order valence-corrected chi connectivity index (χ2v) is 3.26. The zero-order valence-corrected chi connectivity index (χ0v) is 9.09. The lowest BCUT2D eigenvalue weighted by molar-refractivity contribution is 0.0978. The molecule has 1 N–H and O–H groups in total. The second-order valence-electron chi connectivity index (χ2n) is 3.26. The topological polar surface area (TPSA) is 74.8 Å². The van der Waals surface area contributed by atoms with E-state index in [9.17, 15) is 9.18 Å². The molecule has 17 heavy (non-hydrogen) atoms. The molecule has 0 spiro atoms. The maximum absolute atomic E-state index is 12.8. The summed E-state index contributed by atoms with van der Waals surface area (Å²) in [4.78, 5) is 13.4. The molecule has 88 valence electrons. The van der Waals surface area contributed by atoms with Gasteiger partial charge < -0.3 is 4.90 Å². The minimum atomic E-state index is -0.382. The predicted molar refractivity (Wildman–Crippen MR) is 57.9 cm³/mol. The fourth-order valence-corrected chi connectivity index (χ4v) is 1.44. The van der Waals surface area contributed by atoms with Gasteiger partial charge in [0.1, 0.15) is 5.82 Å². The number of nitrogens with zero attached hydrogens (tertiary/aromatic N) is 4. The highest BCUT2D eigenvalue weighted by Gasteiger charge is 2.19. The maximum Gasteiger partial charge on any atom is 0.299 e. The van der Waals surface area contributed by atoms with Gasteiger partial charge in [0.05, 0.1) is 0 Å². The number of rotatable bonds is 3. The molecule has 1 amide bonds. The first-order valence-electron chi connectivity index (χ1n) is 5.03. The SMILES string of the molecule is CCN(C(=O)c1nn[nH]n1)c1ccc(F)cc1. The van der Waals surface area contributed by atoms with Gasteiger partial charge in [-0.25, -0.2) is 4.39 Å². The van der Waals surface area contributed by atoms with Crippen LogP contribution in [-0.2, 0) is 0 Å². The van der Waals surface area contributed by atoms with Gasteiger partial charge >= 0.3 is 0 Å². The summed E-state index contributed by atoms with van der Waals surface area (Å²) in [6.07, 6.45) is 0. The molecule has 0 radical (unpaired) electrons. The summed E-state index contributed by atoms with van der Waals surface area (Å²) in [6.45, 7) is 2.24. The zero-order valence-electron chi connectivity index (χ0n) is 9.09. The van der Waals surface area contributed by atoms with Crippen LogP contribution in [0, 0.1) is 5.82 Å². The van der Waals surface area contributed by atoms with Crippen molar-refractivity contribution in [3.8, 4) is 0 Å². The number of carbonyl (C=O) groups excluding carboxylic acids is 1. The van der Waals surface area contributed by atoms with E-state index in [0.717, 1.165) is 0 Å². The quantitative estimate of drug-likeness (QED) is 0.861. The van der Waals surface area contributed by atoms with E-state index < -0.39 is 0 Å². The number of benzene rings is 1. The summed E-state index contributed by atoms with van der Waals surface area (Å²) < 4.78 is 12.8. The van der Waals surface area contributed by atoms with Gasteiger partial charge in [0.15, 0.2) is 0 Å². The van der Waals surface area contributed by atoms with Gasteiger partial charge in [0.25, 0.3) is 11.7 Å². The van der Waals surface area contributed by atoms with E-state index in [1.54, 1.807) is 6.92 Å². The fourth-order valence-electron chi connectivity index (χ4n) is 1.44.